The highest BCUT2D eigenvalue weighted by Crippen LogP contribution is 2.25. The van der Waals surface area contributed by atoms with E-state index >= 15 is 0 Å². The predicted molar refractivity (Wildman–Crippen MR) is 57.9 cm³/mol. The van der Waals surface area contributed by atoms with Gasteiger partial charge in [0, 0.05) is 6.04 Å². The number of hydrogen-bond donors (Lipinski definition) is 2. The molecular weight excluding hydrogens is 174 g/mol. The Morgan fingerprint density at radius 2 is 2.00 bits per heavy atom. The topological polar surface area (TPSA) is 46.2 Å². The van der Waals surface area contributed by atoms with Crippen molar-refractivity contribution in [1.29, 1.82) is 0 Å². The fourth-order valence-corrected chi connectivity index (χ4v) is 1.85. The van der Waals surface area contributed by atoms with Gasteiger partial charge in [0.2, 0.25) is 0 Å². The van der Waals surface area contributed by atoms with Gasteiger partial charge in [-0.15, -0.1) is 0 Å². The van der Waals surface area contributed by atoms with Gasteiger partial charge in [-0.2, -0.15) is 0 Å². The van der Waals surface area contributed by atoms with Gasteiger partial charge in [-0.05, 0) is 37.0 Å². The first-order valence-corrected chi connectivity index (χ1v) is 4.98. The van der Waals surface area contributed by atoms with Gasteiger partial charge in [-0.25, -0.2) is 0 Å². The van der Waals surface area contributed by atoms with Gasteiger partial charge in [0.25, 0.3) is 0 Å². The van der Waals surface area contributed by atoms with Gasteiger partial charge >= 0.3 is 0 Å². The molecule has 1 aliphatic rings. The minimum absolute atomic E-state index is 0.315. The van der Waals surface area contributed by atoms with Crippen molar-refractivity contribution in [2.45, 2.75) is 25.3 Å². The van der Waals surface area contributed by atoms with Crippen LogP contribution in [0.5, 0.6) is 5.75 Å². The largest absolute Gasteiger partial charge is 0.508 e. The average Bonchev–Trinajstić information content (AvgIpc) is 2.56. The van der Waals surface area contributed by atoms with E-state index in [9.17, 15) is 0 Å². The number of benzene rings is 1. The van der Waals surface area contributed by atoms with Gasteiger partial charge in [0.1, 0.15) is 5.75 Å². The standard InChI is InChI=1S/C12H15NO/c13-11-4-1-10(8-11)7-9-2-5-12(14)6-3-9/h2-3,5-7,11,14H,1,4,8,13H2/b10-7-. The Labute approximate surface area is 84.1 Å². The molecule has 1 saturated carbocycles. The highest BCUT2D eigenvalue weighted by atomic mass is 16.3. The molecule has 1 unspecified atom stereocenters. The summed E-state index contributed by atoms with van der Waals surface area (Å²) < 4.78 is 0. The Hall–Kier alpha value is -1.28. The third-order valence-electron chi connectivity index (χ3n) is 2.62. The molecule has 0 radical (unpaired) electrons. The van der Waals surface area contributed by atoms with Gasteiger partial charge in [-0.3, -0.25) is 0 Å². The van der Waals surface area contributed by atoms with Crippen molar-refractivity contribution in [2.24, 2.45) is 5.73 Å². The first kappa shape index (κ1) is 9.28. The number of phenols is 1. The Kier molecular flexibility index (Phi) is 2.55. The summed E-state index contributed by atoms with van der Waals surface area (Å²) in [6.45, 7) is 0. The van der Waals surface area contributed by atoms with Gasteiger partial charge in [-0.1, -0.05) is 23.8 Å². The quantitative estimate of drug-likeness (QED) is 0.712. The van der Waals surface area contributed by atoms with E-state index in [2.05, 4.69) is 6.08 Å². The molecule has 0 spiro atoms. The highest BCUT2D eigenvalue weighted by Gasteiger charge is 2.14. The number of phenolic OH excluding ortho intramolecular Hbond substituents is 1. The molecule has 0 heterocycles. The maximum Gasteiger partial charge on any atom is 0.115 e. The van der Waals surface area contributed by atoms with Crippen molar-refractivity contribution >= 4 is 6.08 Å². The van der Waals surface area contributed by atoms with Gasteiger partial charge < -0.3 is 10.8 Å². The fourth-order valence-electron chi connectivity index (χ4n) is 1.85. The van der Waals surface area contributed by atoms with E-state index in [1.807, 2.05) is 12.1 Å². The normalized spacial score (nSPS) is 24.4. The van der Waals surface area contributed by atoms with Crippen LogP contribution in [-0.2, 0) is 0 Å². The number of aromatic hydroxyl groups is 1. The molecule has 1 aromatic rings. The SMILES string of the molecule is NC1CC/C(=C/c2ccc(O)cc2)C1. The molecule has 0 aromatic heterocycles. The van der Waals surface area contributed by atoms with Crippen LogP contribution in [0.1, 0.15) is 24.8 Å². The van der Waals surface area contributed by atoms with Crippen LogP contribution in [0.4, 0.5) is 0 Å². The molecule has 74 valence electrons. The maximum atomic E-state index is 9.12. The van der Waals surface area contributed by atoms with E-state index < -0.39 is 0 Å². The highest BCUT2D eigenvalue weighted by molar-refractivity contribution is 5.54. The predicted octanol–water partition coefficient (Wildman–Crippen LogP) is 2.29. The molecule has 1 fully saturated rings. The molecule has 3 N–H and O–H groups in total. The Balaban J connectivity index is 2.13. The van der Waals surface area contributed by atoms with Gasteiger partial charge in [0.05, 0.1) is 0 Å². The Morgan fingerprint density at radius 1 is 1.29 bits per heavy atom. The molecule has 1 atom stereocenters. The summed E-state index contributed by atoms with van der Waals surface area (Å²) in [7, 11) is 0. The van der Waals surface area contributed by atoms with E-state index in [1.54, 1.807) is 12.1 Å². The third kappa shape index (κ3) is 2.15. The van der Waals surface area contributed by atoms with Crippen molar-refractivity contribution in [3.8, 4) is 5.75 Å². The van der Waals surface area contributed by atoms with Crippen molar-refractivity contribution in [3.05, 3.63) is 35.4 Å². The Bertz CT molecular complexity index is 340. The van der Waals surface area contributed by atoms with E-state index in [4.69, 9.17) is 10.8 Å². The molecular formula is C12H15NO. The lowest BCUT2D eigenvalue weighted by molar-refractivity contribution is 0.475. The molecule has 0 bridgehead atoms. The van der Waals surface area contributed by atoms with Crippen molar-refractivity contribution < 1.29 is 5.11 Å². The third-order valence-corrected chi connectivity index (χ3v) is 2.62. The first-order valence-electron chi connectivity index (χ1n) is 4.98. The lowest BCUT2D eigenvalue weighted by atomic mass is 10.1. The first-order chi connectivity index (χ1) is 6.74. The van der Waals surface area contributed by atoms with Crippen molar-refractivity contribution in [2.75, 3.05) is 0 Å². The average molecular weight is 189 g/mol. The van der Waals surface area contributed by atoms with Crippen molar-refractivity contribution in [3.63, 3.8) is 0 Å². The number of rotatable bonds is 1. The number of nitrogens with two attached hydrogens (primary N) is 1. The second-order valence-electron chi connectivity index (χ2n) is 3.90. The molecule has 2 heteroatoms. The molecule has 2 nitrogen and oxygen atoms in total. The molecule has 2 rings (SSSR count). The molecule has 0 amide bonds. The monoisotopic (exact) mass is 189 g/mol. The molecule has 1 aromatic carbocycles. The Morgan fingerprint density at radius 3 is 2.57 bits per heavy atom. The summed E-state index contributed by atoms with van der Waals surface area (Å²) in [5.74, 6) is 0.315. The van der Waals surface area contributed by atoms with Crippen LogP contribution in [0.15, 0.2) is 29.8 Å². The van der Waals surface area contributed by atoms with Crippen LogP contribution in [0, 0.1) is 0 Å². The summed E-state index contributed by atoms with van der Waals surface area (Å²) in [5.41, 5.74) is 8.39. The lowest BCUT2D eigenvalue weighted by Gasteiger charge is -1.98. The van der Waals surface area contributed by atoms with E-state index in [0.717, 1.165) is 24.8 Å². The number of hydrogen-bond acceptors (Lipinski definition) is 2. The van der Waals surface area contributed by atoms with E-state index in [1.165, 1.54) is 5.57 Å². The van der Waals surface area contributed by atoms with Crippen molar-refractivity contribution in [1.82, 2.24) is 0 Å². The zero-order valence-electron chi connectivity index (χ0n) is 8.11. The minimum Gasteiger partial charge on any atom is -0.508 e. The summed E-state index contributed by atoms with van der Waals surface area (Å²) >= 11 is 0. The van der Waals surface area contributed by atoms with Crippen LogP contribution in [0.3, 0.4) is 0 Å². The minimum atomic E-state index is 0.315. The van der Waals surface area contributed by atoms with Gasteiger partial charge in [0.15, 0.2) is 0 Å². The molecule has 1 aliphatic carbocycles. The van der Waals surface area contributed by atoms with Crippen LogP contribution in [0.25, 0.3) is 6.08 Å². The van der Waals surface area contributed by atoms with Crippen LogP contribution in [0.2, 0.25) is 0 Å². The smallest absolute Gasteiger partial charge is 0.115 e. The molecule has 0 saturated heterocycles. The lowest BCUT2D eigenvalue weighted by Crippen LogP contribution is -2.13. The summed E-state index contributed by atoms with van der Waals surface area (Å²) in [6.07, 6.45) is 5.40. The van der Waals surface area contributed by atoms with E-state index in [-0.39, 0.29) is 0 Å². The summed E-state index contributed by atoms with van der Waals surface area (Å²) in [6, 6.07) is 7.61. The zero-order chi connectivity index (χ0) is 9.97. The van der Waals surface area contributed by atoms with Crippen LogP contribution < -0.4 is 5.73 Å². The summed E-state index contributed by atoms with van der Waals surface area (Å²) in [5, 5.41) is 9.12. The second-order valence-corrected chi connectivity index (χ2v) is 3.90. The fraction of sp³-hybridized carbons (Fsp3) is 0.333. The molecule has 14 heavy (non-hydrogen) atoms. The molecule has 0 aliphatic heterocycles. The second kappa shape index (κ2) is 3.84. The summed E-state index contributed by atoms with van der Waals surface area (Å²) in [4.78, 5) is 0. The zero-order valence-corrected chi connectivity index (χ0v) is 8.11. The maximum absolute atomic E-state index is 9.12. The van der Waals surface area contributed by atoms with Crippen LogP contribution >= 0.6 is 0 Å². The van der Waals surface area contributed by atoms with Crippen LogP contribution in [-0.4, -0.2) is 11.1 Å². The van der Waals surface area contributed by atoms with E-state index in [0.29, 0.717) is 11.8 Å².